The fourth-order valence-electron chi connectivity index (χ4n) is 2.18. The highest BCUT2D eigenvalue weighted by molar-refractivity contribution is 5.82. The number of amides is 1. The summed E-state index contributed by atoms with van der Waals surface area (Å²) in [6, 6.07) is 6.01. The molecule has 1 unspecified atom stereocenters. The van der Waals surface area contributed by atoms with Gasteiger partial charge < -0.3 is 11.1 Å². The van der Waals surface area contributed by atoms with Crippen LogP contribution in [0.1, 0.15) is 44.4 Å². The zero-order valence-corrected chi connectivity index (χ0v) is 13.6. The number of nitrogens with one attached hydrogen (secondary N) is 1. The van der Waals surface area contributed by atoms with E-state index in [9.17, 15) is 4.79 Å². The molecule has 0 fully saturated rings. The molecule has 1 rings (SSSR count). The third-order valence-corrected chi connectivity index (χ3v) is 3.63. The molecule has 0 aromatic heterocycles. The van der Waals surface area contributed by atoms with E-state index in [2.05, 4.69) is 37.4 Å². The molecule has 1 aromatic rings. The van der Waals surface area contributed by atoms with E-state index in [0.29, 0.717) is 0 Å². The van der Waals surface area contributed by atoms with E-state index in [4.69, 9.17) is 5.73 Å². The molecule has 1 aromatic carbocycles. The first-order chi connectivity index (χ1) is 9.11. The van der Waals surface area contributed by atoms with Gasteiger partial charge in [-0.3, -0.25) is 4.79 Å². The molecule has 0 saturated carbocycles. The van der Waals surface area contributed by atoms with E-state index in [1.54, 1.807) is 0 Å². The highest BCUT2D eigenvalue weighted by atomic mass is 16.2. The van der Waals surface area contributed by atoms with Gasteiger partial charge in [0.15, 0.2) is 0 Å². The summed E-state index contributed by atoms with van der Waals surface area (Å²) in [6.45, 7) is 12.2. The van der Waals surface area contributed by atoms with Gasteiger partial charge in [-0.1, -0.05) is 44.5 Å². The van der Waals surface area contributed by atoms with E-state index >= 15 is 0 Å². The van der Waals surface area contributed by atoms with Crippen LogP contribution >= 0.6 is 0 Å². The number of aryl methyl sites for hydroxylation is 2. The van der Waals surface area contributed by atoms with Gasteiger partial charge in [-0.15, -0.1) is 0 Å². The normalized spacial score (nSPS) is 14.8. The Hall–Kier alpha value is -1.35. The predicted octanol–water partition coefficient (Wildman–Crippen LogP) is 2.72. The lowest BCUT2D eigenvalue weighted by Gasteiger charge is -2.27. The van der Waals surface area contributed by atoms with Crippen LogP contribution < -0.4 is 11.1 Å². The molecular weight excluding hydrogens is 248 g/mol. The number of carbonyl (C=O) groups excluding carboxylic acids is 1. The average molecular weight is 276 g/mol. The quantitative estimate of drug-likeness (QED) is 0.888. The number of hydrogen-bond acceptors (Lipinski definition) is 2. The van der Waals surface area contributed by atoms with Crippen LogP contribution in [0.3, 0.4) is 0 Å². The van der Waals surface area contributed by atoms with Crippen molar-refractivity contribution < 1.29 is 4.79 Å². The number of nitrogens with two attached hydrogens (primary N) is 1. The minimum Gasteiger partial charge on any atom is -0.352 e. The maximum absolute atomic E-state index is 12.1. The third-order valence-electron chi connectivity index (χ3n) is 3.63. The van der Waals surface area contributed by atoms with Crippen molar-refractivity contribution in [1.82, 2.24) is 5.32 Å². The molecule has 20 heavy (non-hydrogen) atoms. The lowest BCUT2D eigenvalue weighted by Crippen LogP contribution is -2.51. The van der Waals surface area contributed by atoms with Gasteiger partial charge in [-0.05, 0) is 43.7 Å². The molecule has 0 saturated heterocycles. The first-order valence-electron chi connectivity index (χ1n) is 7.23. The lowest BCUT2D eigenvalue weighted by atomic mass is 9.86. The molecule has 3 N–H and O–H groups in total. The Bertz CT molecular complexity index is 474. The molecule has 0 radical (unpaired) electrons. The van der Waals surface area contributed by atoms with E-state index in [1.807, 2.05) is 27.7 Å². The Morgan fingerprint density at radius 3 is 2.40 bits per heavy atom. The van der Waals surface area contributed by atoms with Crippen LogP contribution in [-0.4, -0.2) is 18.0 Å². The largest absolute Gasteiger partial charge is 0.352 e. The van der Waals surface area contributed by atoms with Crippen molar-refractivity contribution in [2.45, 2.75) is 60.0 Å². The van der Waals surface area contributed by atoms with Gasteiger partial charge in [0.05, 0.1) is 6.04 Å². The Labute approximate surface area is 122 Å². The fourth-order valence-corrected chi connectivity index (χ4v) is 2.18. The van der Waals surface area contributed by atoms with E-state index in [1.165, 1.54) is 16.7 Å². The van der Waals surface area contributed by atoms with Gasteiger partial charge in [0.1, 0.15) is 0 Å². The van der Waals surface area contributed by atoms with E-state index < -0.39 is 6.04 Å². The van der Waals surface area contributed by atoms with Crippen LogP contribution in [-0.2, 0) is 11.2 Å². The molecular formula is C17H28N2O. The monoisotopic (exact) mass is 276 g/mol. The molecule has 0 aliphatic carbocycles. The van der Waals surface area contributed by atoms with Crippen molar-refractivity contribution >= 4 is 5.91 Å². The predicted molar refractivity (Wildman–Crippen MR) is 84.7 cm³/mol. The standard InChI is InChI=1S/C17H28N2O/c1-11-7-8-14(12(2)9-11)10-13(3)19-16(20)15(18)17(4,5)6/h7-9,13,15H,10,18H2,1-6H3,(H,19,20)/t13?,15-/m1/s1. The number of hydrogen-bond donors (Lipinski definition) is 2. The molecule has 112 valence electrons. The van der Waals surface area contributed by atoms with E-state index in [0.717, 1.165) is 6.42 Å². The van der Waals surface area contributed by atoms with Crippen molar-refractivity contribution in [2.24, 2.45) is 11.1 Å². The minimum atomic E-state index is -0.482. The second-order valence-electron chi connectivity index (χ2n) is 6.89. The van der Waals surface area contributed by atoms with Crippen molar-refractivity contribution in [2.75, 3.05) is 0 Å². The Kier molecular flexibility index (Phi) is 5.35. The van der Waals surface area contributed by atoms with Crippen LogP contribution in [0, 0.1) is 19.3 Å². The average Bonchev–Trinajstić information content (AvgIpc) is 2.30. The number of carbonyl (C=O) groups is 1. The molecule has 0 bridgehead atoms. The summed E-state index contributed by atoms with van der Waals surface area (Å²) in [5, 5.41) is 3.01. The summed E-state index contributed by atoms with van der Waals surface area (Å²) in [4.78, 5) is 12.1. The highest BCUT2D eigenvalue weighted by Gasteiger charge is 2.28. The van der Waals surface area contributed by atoms with Gasteiger partial charge in [0.2, 0.25) is 5.91 Å². The molecule has 1 amide bonds. The number of rotatable bonds is 4. The smallest absolute Gasteiger partial charge is 0.237 e. The molecule has 3 nitrogen and oxygen atoms in total. The van der Waals surface area contributed by atoms with Crippen LogP contribution in [0.5, 0.6) is 0 Å². The van der Waals surface area contributed by atoms with Crippen LogP contribution in [0.4, 0.5) is 0 Å². The molecule has 0 aliphatic rings. The molecule has 3 heteroatoms. The topological polar surface area (TPSA) is 55.1 Å². The SMILES string of the molecule is Cc1ccc(CC(C)NC(=O)[C@@H](N)C(C)(C)C)c(C)c1. The number of benzene rings is 1. The second kappa shape index (κ2) is 6.40. The minimum absolute atomic E-state index is 0.0743. The lowest BCUT2D eigenvalue weighted by molar-refractivity contribution is -0.125. The van der Waals surface area contributed by atoms with Gasteiger partial charge in [-0.2, -0.15) is 0 Å². The van der Waals surface area contributed by atoms with Crippen molar-refractivity contribution in [1.29, 1.82) is 0 Å². The maximum Gasteiger partial charge on any atom is 0.237 e. The first-order valence-corrected chi connectivity index (χ1v) is 7.23. The van der Waals surface area contributed by atoms with Gasteiger partial charge in [0, 0.05) is 6.04 Å². The summed E-state index contributed by atoms with van der Waals surface area (Å²) >= 11 is 0. The van der Waals surface area contributed by atoms with Crippen molar-refractivity contribution in [3.05, 3.63) is 34.9 Å². The first kappa shape index (κ1) is 16.7. The van der Waals surface area contributed by atoms with Crippen LogP contribution in [0.2, 0.25) is 0 Å². The van der Waals surface area contributed by atoms with Crippen molar-refractivity contribution in [3.8, 4) is 0 Å². The van der Waals surface area contributed by atoms with Gasteiger partial charge in [0.25, 0.3) is 0 Å². The zero-order chi connectivity index (χ0) is 15.5. The Morgan fingerprint density at radius 2 is 1.90 bits per heavy atom. The summed E-state index contributed by atoms with van der Waals surface area (Å²) in [7, 11) is 0. The molecule has 0 spiro atoms. The molecule has 0 aliphatic heterocycles. The van der Waals surface area contributed by atoms with Gasteiger partial charge >= 0.3 is 0 Å². The zero-order valence-electron chi connectivity index (χ0n) is 13.6. The Balaban J connectivity index is 2.64. The maximum atomic E-state index is 12.1. The summed E-state index contributed by atoms with van der Waals surface area (Å²) in [5.74, 6) is -0.0743. The van der Waals surface area contributed by atoms with Crippen LogP contribution in [0.25, 0.3) is 0 Å². The second-order valence-corrected chi connectivity index (χ2v) is 6.89. The summed E-state index contributed by atoms with van der Waals surface area (Å²) in [5.41, 5.74) is 9.56. The highest BCUT2D eigenvalue weighted by Crippen LogP contribution is 2.18. The van der Waals surface area contributed by atoms with E-state index in [-0.39, 0.29) is 17.4 Å². The fraction of sp³-hybridized carbons (Fsp3) is 0.588. The van der Waals surface area contributed by atoms with Gasteiger partial charge in [-0.25, -0.2) is 0 Å². The van der Waals surface area contributed by atoms with Crippen molar-refractivity contribution in [3.63, 3.8) is 0 Å². The molecule has 0 heterocycles. The molecule has 2 atom stereocenters. The summed E-state index contributed by atoms with van der Waals surface area (Å²) < 4.78 is 0. The third kappa shape index (κ3) is 4.64. The Morgan fingerprint density at radius 1 is 1.30 bits per heavy atom. The summed E-state index contributed by atoms with van der Waals surface area (Å²) in [6.07, 6.45) is 0.828. The van der Waals surface area contributed by atoms with Crippen LogP contribution in [0.15, 0.2) is 18.2 Å².